The summed E-state index contributed by atoms with van der Waals surface area (Å²) in [5.41, 5.74) is 0.131. The maximum atomic E-state index is 6.51. The van der Waals surface area contributed by atoms with E-state index in [9.17, 15) is 0 Å². The Morgan fingerprint density at radius 2 is 1.58 bits per heavy atom. The Hall–Kier alpha value is -1.70. The first kappa shape index (κ1) is 19.1. The van der Waals surface area contributed by atoms with Crippen molar-refractivity contribution in [2.75, 3.05) is 6.61 Å². The van der Waals surface area contributed by atoms with Gasteiger partial charge in [0.25, 0.3) is 0 Å². The van der Waals surface area contributed by atoms with Gasteiger partial charge in [0, 0.05) is 17.0 Å². The summed E-state index contributed by atoms with van der Waals surface area (Å²) in [6.45, 7) is 9.40. The van der Waals surface area contributed by atoms with E-state index in [2.05, 4.69) is 76.2 Å². The smallest absolute Gasteiger partial charge is 0.186 e. The van der Waals surface area contributed by atoms with Crippen LogP contribution in [0.3, 0.4) is 0 Å². The number of rotatable bonds is 6. The van der Waals surface area contributed by atoms with Crippen molar-refractivity contribution in [2.24, 2.45) is 10.4 Å². The van der Waals surface area contributed by atoms with Crippen LogP contribution in [0.2, 0.25) is 0 Å². The van der Waals surface area contributed by atoms with Crippen LogP contribution in [0, 0.1) is 5.41 Å². The van der Waals surface area contributed by atoms with Gasteiger partial charge in [-0.05, 0) is 12.3 Å². The van der Waals surface area contributed by atoms with Gasteiger partial charge in [-0.15, -0.1) is 0 Å². The van der Waals surface area contributed by atoms with Crippen molar-refractivity contribution >= 4 is 24.7 Å². The molecule has 3 nitrogen and oxygen atoms in total. The fraction of sp³-hybridized carbons (Fsp3) is 0.409. The van der Waals surface area contributed by atoms with Crippen molar-refractivity contribution < 1.29 is 9.26 Å². The van der Waals surface area contributed by atoms with Crippen LogP contribution in [-0.4, -0.2) is 24.7 Å². The van der Waals surface area contributed by atoms with E-state index >= 15 is 0 Å². The first-order valence-corrected chi connectivity index (χ1v) is 10.5. The molecule has 4 heteroatoms. The number of benzene rings is 2. The minimum absolute atomic E-state index is 0.0407. The molecule has 0 radical (unpaired) electrons. The average Bonchev–Trinajstić information content (AvgIpc) is 3.10. The number of hydrogen-bond donors (Lipinski definition) is 0. The quantitative estimate of drug-likeness (QED) is 0.693. The van der Waals surface area contributed by atoms with Gasteiger partial charge in [-0.3, -0.25) is 0 Å². The lowest BCUT2D eigenvalue weighted by Gasteiger charge is -2.23. The normalized spacial score (nSPS) is 18.5. The Kier molecular flexibility index (Phi) is 6.11. The van der Waals surface area contributed by atoms with Gasteiger partial charge in [-0.1, -0.05) is 81.4 Å². The van der Waals surface area contributed by atoms with Crippen LogP contribution in [0.1, 0.15) is 34.1 Å². The Balaban J connectivity index is 1.71. The summed E-state index contributed by atoms with van der Waals surface area (Å²) in [5.74, 6) is 0.827. The van der Waals surface area contributed by atoms with Gasteiger partial charge in [-0.2, -0.15) is 0 Å². The van der Waals surface area contributed by atoms with E-state index in [1.54, 1.807) is 0 Å². The highest BCUT2D eigenvalue weighted by Crippen LogP contribution is 2.37. The molecule has 1 heterocycles. The molecule has 0 saturated heterocycles. The van der Waals surface area contributed by atoms with Gasteiger partial charge in [0.15, 0.2) is 5.90 Å². The van der Waals surface area contributed by atoms with Crippen molar-refractivity contribution in [1.29, 1.82) is 0 Å². The second-order valence-corrected chi connectivity index (χ2v) is 9.63. The molecule has 0 aromatic heterocycles. The van der Waals surface area contributed by atoms with Crippen LogP contribution in [0.5, 0.6) is 0 Å². The molecule has 2 aromatic rings. The largest absolute Gasteiger partial charge is 0.479 e. The molecule has 2 aromatic carbocycles. The highest BCUT2D eigenvalue weighted by molar-refractivity contribution is 7.68. The lowest BCUT2D eigenvalue weighted by Crippen LogP contribution is -2.25. The predicted molar refractivity (Wildman–Crippen MR) is 111 cm³/mol. The summed E-state index contributed by atoms with van der Waals surface area (Å²) in [7, 11) is -0.855. The molecule has 26 heavy (non-hydrogen) atoms. The van der Waals surface area contributed by atoms with E-state index in [-0.39, 0.29) is 17.6 Å². The summed E-state index contributed by atoms with van der Waals surface area (Å²) < 4.78 is 12.3. The van der Waals surface area contributed by atoms with Gasteiger partial charge >= 0.3 is 0 Å². The number of hydrogen-bond acceptors (Lipinski definition) is 3. The molecule has 2 unspecified atom stereocenters. The average molecular weight is 369 g/mol. The van der Waals surface area contributed by atoms with Gasteiger partial charge in [0.2, 0.25) is 0 Å². The molecule has 0 N–H and O–H groups in total. The monoisotopic (exact) mass is 369 g/mol. The molecule has 3 rings (SSSR count). The zero-order valence-electron chi connectivity index (χ0n) is 16.1. The minimum atomic E-state index is -0.855. The van der Waals surface area contributed by atoms with Crippen LogP contribution in [0.25, 0.3) is 0 Å². The first-order valence-electron chi connectivity index (χ1n) is 9.20. The van der Waals surface area contributed by atoms with Gasteiger partial charge in [0.1, 0.15) is 6.61 Å². The number of ether oxygens (including phenoxy) is 1. The van der Waals surface area contributed by atoms with Crippen molar-refractivity contribution in [3.05, 3.63) is 60.7 Å². The standard InChI is InChI=1S/C22H28NO2P/c1-17(15-21-23-20(16-24-21)22(2,3)4)25-26(18-11-7-5-8-12-18)19-13-9-6-10-14-19/h5-14,17,20H,15-16H2,1-4H3. The van der Waals surface area contributed by atoms with Crippen LogP contribution in [0.15, 0.2) is 65.7 Å². The third kappa shape index (κ3) is 4.93. The summed E-state index contributed by atoms with van der Waals surface area (Å²) in [4.78, 5) is 4.77. The zero-order valence-corrected chi connectivity index (χ0v) is 16.9. The molecule has 0 bridgehead atoms. The third-order valence-corrected chi connectivity index (χ3v) is 6.54. The Morgan fingerprint density at radius 3 is 2.04 bits per heavy atom. The molecule has 1 aliphatic rings. The molecular formula is C22H28NO2P. The maximum Gasteiger partial charge on any atom is 0.186 e. The summed E-state index contributed by atoms with van der Waals surface area (Å²) >= 11 is 0. The topological polar surface area (TPSA) is 30.8 Å². The van der Waals surface area contributed by atoms with Crippen molar-refractivity contribution in [3.8, 4) is 0 Å². The Bertz CT molecular complexity index is 685. The zero-order chi connectivity index (χ0) is 18.6. The molecule has 0 amide bonds. The van der Waals surface area contributed by atoms with Crippen LogP contribution < -0.4 is 10.6 Å². The van der Waals surface area contributed by atoms with E-state index < -0.39 is 8.15 Å². The highest BCUT2D eigenvalue weighted by Gasteiger charge is 2.31. The van der Waals surface area contributed by atoms with Crippen LogP contribution in [-0.2, 0) is 9.26 Å². The summed E-state index contributed by atoms with van der Waals surface area (Å²) in [6, 6.07) is 21.2. The number of nitrogens with zero attached hydrogens (tertiary/aromatic N) is 1. The van der Waals surface area contributed by atoms with Crippen LogP contribution in [0.4, 0.5) is 0 Å². The second kappa shape index (κ2) is 8.33. The lowest BCUT2D eigenvalue weighted by atomic mass is 9.88. The van der Waals surface area contributed by atoms with Gasteiger partial charge in [-0.25, -0.2) is 4.99 Å². The molecule has 138 valence electrons. The Morgan fingerprint density at radius 1 is 1.04 bits per heavy atom. The molecule has 2 atom stereocenters. The molecular weight excluding hydrogens is 341 g/mol. The Labute approximate surface area is 158 Å². The van der Waals surface area contributed by atoms with E-state index in [0.29, 0.717) is 13.0 Å². The van der Waals surface area contributed by atoms with E-state index in [1.165, 1.54) is 10.6 Å². The first-order chi connectivity index (χ1) is 12.4. The molecule has 0 aliphatic carbocycles. The molecule has 0 saturated carbocycles. The van der Waals surface area contributed by atoms with Gasteiger partial charge in [0.05, 0.1) is 20.3 Å². The predicted octanol–water partition coefficient (Wildman–Crippen LogP) is 4.67. The molecule has 1 aliphatic heterocycles. The minimum Gasteiger partial charge on any atom is -0.479 e. The highest BCUT2D eigenvalue weighted by atomic mass is 31.1. The summed E-state index contributed by atoms with van der Waals surface area (Å²) in [6.07, 6.45) is 0.754. The second-order valence-electron chi connectivity index (χ2n) is 7.80. The van der Waals surface area contributed by atoms with E-state index in [4.69, 9.17) is 14.3 Å². The third-order valence-electron chi connectivity index (χ3n) is 4.44. The molecule has 0 fully saturated rings. The van der Waals surface area contributed by atoms with Crippen molar-refractivity contribution in [3.63, 3.8) is 0 Å². The lowest BCUT2D eigenvalue weighted by molar-refractivity contribution is 0.219. The van der Waals surface area contributed by atoms with Crippen molar-refractivity contribution in [2.45, 2.75) is 46.3 Å². The fourth-order valence-electron chi connectivity index (χ4n) is 2.84. The van der Waals surface area contributed by atoms with E-state index in [1.807, 2.05) is 12.1 Å². The van der Waals surface area contributed by atoms with Gasteiger partial charge < -0.3 is 9.26 Å². The van der Waals surface area contributed by atoms with Crippen LogP contribution >= 0.6 is 8.15 Å². The number of aliphatic imine (C=N–C) groups is 1. The van der Waals surface area contributed by atoms with Crippen molar-refractivity contribution in [1.82, 2.24) is 0 Å². The molecule has 0 spiro atoms. The SMILES string of the molecule is CC(CC1=NC(C(C)(C)C)CO1)OP(c1ccccc1)c1ccccc1. The summed E-state index contributed by atoms with van der Waals surface area (Å²) in [5, 5.41) is 2.45. The fourth-order valence-corrected chi connectivity index (χ4v) is 4.70. The van der Waals surface area contributed by atoms with E-state index in [0.717, 1.165) is 5.90 Å². The maximum absolute atomic E-state index is 6.51.